The summed E-state index contributed by atoms with van der Waals surface area (Å²) in [5.74, 6) is 1.70. The van der Waals surface area contributed by atoms with Gasteiger partial charge < -0.3 is 14.8 Å². The molecule has 43 heavy (non-hydrogen) atoms. The van der Waals surface area contributed by atoms with E-state index in [-0.39, 0.29) is 11.9 Å². The number of benzene rings is 1. The molecule has 2 saturated heterocycles. The van der Waals surface area contributed by atoms with E-state index in [0.29, 0.717) is 42.8 Å². The molecular formula is C34H43N7O2. The van der Waals surface area contributed by atoms with Crippen LogP contribution in [-0.4, -0.2) is 68.0 Å². The van der Waals surface area contributed by atoms with E-state index in [1.54, 1.807) is 12.4 Å². The molecule has 1 aromatic carbocycles. The second-order valence-electron chi connectivity index (χ2n) is 12.8. The molecule has 0 radical (unpaired) electrons. The quantitative estimate of drug-likeness (QED) is 0.376. The molecule has 2 bridgehead atoms. The summed E-state index contributed by atoms with van der Waals surface area (Å²) in [6.07, 6.45) is 13.3. The van der Waals surface area contributed by atoms with Crippen LogP contribution in [0.3, 0.4) is 0 Å². The molecule has 1 N–H and O–H groups in total. The molecule has 0 spiro atoms. The molecule has 9 nitrogen and oxygen atoms in total. The third-order valence-electron chi connectivity index (χ3n) is 10.2. The first kappa shape index (κ1) is 28.1. The monoisotopic (exact) mass is 581 g/mol. The van der Waals surface area contributed by atoms with Gasteiger partial charge in [0.2, 0.25) is 5.91 Å². The van der Waals surface area contributed by atoms with Gasteiger partial charge in [-0.05, 0) is 76.1 Å². The maximum atomic E-state index is 13.3. The Morgan fingerprint density at radius 2 is 1.79 bits per heavy atom. The third-order valence-corrected chi connectivity index (χ3v) is 10.2. The molecule has 3 aromatic rings. The number of hydrogen-bond acceptors (Lipinski definition) is 5. The molecule has 1 unspecified atom stereocenters. The van der Waals surface area contributed by atoms with Crippen molar-refractivity contribution in [2.75, 3.05) is 29.9 Å². The van der Waals surface area contributed by atoms with Crippen LogP contribution in [0.15, 0.2) is 54.9 Å². The number of piperidine rings is 1. The SMILES string of the molecule is Cc1nc2c(n1C1C[C@H]3CC[C@@H](C1)N3CCCN(C(=O)Nc1cccnc1)c1ccccc1)CCN(C(=O)C1CCC1)C2. The van der Waals surface area contributed by atoms with E-state index in [1.807, 2.05) is 47.4 Å². The molecule has 4 aliphatic rings. The van der Waals surface area contributed by atoms with Gasteiger partial charge >= 0.3 is 6.03 Å². The number of carbonyl (C=O) groups is 2. The zero-order valence-electron chi connectivity index (χ0n) is 25.2. The fourth-order valence-corrected chi connectivity index (χ4v) is 7.94. The number of rotatable bonds is 8. The van der Waals surface area contributed by atoms with Crippen molar-refractivity contribution >= 4 is 23.3 Å². The zero-order valence-corrected chi connectivity index (χ0v) is 25.2. The molecule has 3 aliphatic heterocycles. The number of amides is 3. The van der Waals surface area contributed by atoms with Gasteiger partial charge in [-0.25, -0.2) is 9.78 Å². The van der Waals surface area contributed by atoms with E-state index in [4.69, 9.17) is 4.98 Å². The third kappa shape index (κ3) is 5.67. The number of nitrogens with one attached hydrogen (secondary N) is 1. The summed E-state index contributed by atoms with van der Waals surface area (Å²) in [5, 5.41) is 3.01. The summed E-state index contributed by atoms with van der Waals surface area (Å²) in [6, 6.07) is 15.1. The molecule has 226 valence electrons. The first-order valence-corrected chi connectivity index (χ1v) is 16.2. The van der Waals surface area contributed by atoms with Gasteiger partial charge in [0.05, 0.1) is 24.1 Å². The van der Waals surface area contributed by atoms with Crippen LogP contribution in [0.2, 0.25) is 0 Å². The average Bonchev–Trinajstić information content (AvgIpc) is 3.44. The second kappa shape index (κ2) is 12.1. The molecule has 2 aromatic heterocycles. The predicted molar refractivity (Wildman–Crippen MR) is 167 cm³/mol. The van der Waals surface area contributed by atoms with Gasteiger partial charge in [0.1, 0.15) is 5.82 Å². The van der Waals surface area contributed by atoms with E-state index in [1.165, 1.54) is 25.0 Å². The van der Waals surface area contributed by atoms with E-state index >= 15 is 0 Å². The van der Waals surface area contributed by atoms with Crippen molar-refractivity contribution < 1.29 is 9.59 Å². The van der Waals surface area contributed by atoms with Crippen molar-refractivity contribution in [1.82, 2.24) is 24.3 Å². The second-order valence-corrected chi connectivity index (χ2v) is 12.8. The van der Waals surface area contributed by atoms with Crippen molar-refractivity contribution in [1.29, 1.82) is 0 Å². The number of para-hydroxylation sites is 1. The fourth-order valence-electron chi connectivity index (χ4n) is 7.94. The van der Waals surface area contributed by atoms with Gasteiger partial charge in [-0.15, -0.1) is 0 Å². The number of pyridine rings is 1. The number of carbonyl (C=O) groups excluding carboxylic acids is 2. The van der Waals surface area contributed by atoms with Crippen molar-refractivity contribution in [3.05, 3.63) is 72.1 Å². The molecule has 3 fully saturated rings. The summed E-state index contributed by atoms with van der Waals surface area (Å²) >= 11 is 0. The summed E-state index contributed by atoms with van der Waals surface area (Å²) in [5.41, 5.74) is 4.09. The first-order valence-electron chi connectivity index (χ1n) is 16.2. The smallest absolute Gasteiger partial charge is 0.326 e. The van der Waals surface area contributed by atoms with Crippen molar-refractivity contribution in [2.24, 2.45) is 5.92 Å². The van der Waals surface area contributed by atoms with Crippen LogP contribution < -0.4 is 10.2 Å². The zero-order chi connectivity index (χ0) is 29.3. The summed E-state index contributed by atoms with van der Waals surface area (Å²) < 4.78 is 2.54. The summed E-state index contributed by atoms with van der Waals surface area (Å²) in [7, 11) is 0. The summed E-state index contributed by atoms with van der Waals surface area (Å²) in [4.78, 5) is 42.0. The van der Waals surface area contributed by atoms with E-state index in [2.05, 4.69) is 31.6 Å². The number of hydrogen-bond donors (Lipinski definition) is 1. The van der Waals surface area contributed by atoms with Crippen LogP contribution in [0.4, 0.5) is 16.2 Å². The van der Waals surface area contributed by atoms with Gasteiger partial charge in [0.25, 0.3) is 0 Å². The van der Waals surface area contributed by atoms with Gasteiger partial charge in [0.15, 0.2) is 0 Å². The van der Waals surface area contributed by atoms with Crippen molar-refractivity contribution in [3.63, 3.8) is 0 Å². The number of anilines is 2. The maximum Gasteiger partial charge on any atom is 0.326 e. The Kier molecular flexibility index (Phi) is 7.91. The lowest BCUT2D eigenvalue weighted by molar-refractivity contribution is -0.139. The van der Waals surface area contributed by atoms with Gasteiger partial charge in [-0.3, -0.25) is 19.6 Å². The lowest BCUT2D eigenvalue weighted by Crippen LogP contribution is -2.46. The number of nitrogens with zero attached hydrogens (tertiary/aromatic N) is 6. The van der Waals surface area contributed by atoms with Gasteiger partial charge in [-0.1, -0.05) is 24.6 Å². The lowest BCUT2D eigenvalue weighted by Gasteiger charge is -2.41. The molecule has 5 heterocycles. The topological polar surface area (TPSA) is 86.6 Å². The molecule has 3 amide bonds. The van der Waals surface area contributed by atoms with Crippen LogP contribution in [0.5, 0.6) is 0 Å². The van der Waals surface area contributed by atoms with Crippen LogP contribution in [0, 0.1) is 12.8 Å². The number of urea groups is 1. The molecule has 9 heteroatoms. The largest absolute Gasteiger partial charge is 0.336 e. The van der Waals surface area contributed by atoms with Crippen molar-refractivity contribution in [3.8, 4) is 0 Å². The highest BCUT2D eigenvalue weighted by Gasteiger charge is 2.42. The number of fused-ring (bicyclic) bond motifs is 3. The minimum Gasteiger partial charge on any atom is -0.336 e. The van der Waals surface area contributed by atoms with E-state index in [9.17, 15) is 9.59 Å². The fraction of sp³-hybridized carbons (Fsp3) is 0.529. The highest BCUT2D eigenvalue weighted by Crippen LogP contribution is 2.42. The van der Waals surface area contributed by atoms with E-state index < -0.39 is 0 Å². The number of aromatic nitrogens is 3. The van der Waals surface area contributed by atoms with Crippen molar-refractivity contribution in [2.45, 2.75) is 89.4 Å². The first-order chi connectivity index (χ1) is 21.0. The molecular weight excluding hydrogens is 538 g/mol. The van der Waals surface area contributed by atoms with Gasteiger partial charge in [0, 0.05) is 67.7 Å². The van der Waals surface area contributed by atoms with Crippen LogP contribution >= 0.6 is 0 Å². The Labute approximate surface area is 254 Å². The Bertz CT molecular complexity index is 1420. The van der Waals surface area contributed by atoms with Crippen LogP contribution in [-0.2, 0) is 17.8 Å². The Morgan fingerprint density at radius 3 is 2.49 bits per heavy atom. The molecule has 1 saturated carbocycles. The highest BCUT2D eigenvalue weighted by molar-refractivity contribution is 6.01. The molecule has 3 atom stereocenters. The molecule has 1 aliphatic carbocycles. The minimum absolute atomic E-state index is 0.130. The standard InChI is InChI=1S/C34H43N7O2/c1-24-36-31-23-38(33(42)25-8-5-9-25)19-15-32(31)41(24)30-20-28-13-14-29(21-30)39(28)17-7-18-40(27-11-3-2-4-12-27)34(43)37-26-10-6-16-35-22-26/h2-4,6,10-12,16,22,25,28-30H,5,7-9,13-15,17-21,23H2,1H3,(H,37,43)/t28-,29+,30?. The normalized spacial score (nSPS) is 23.5. The van der Waals surface area contributed by atoms with Crippen LogP contribution in [0.25, 0.3) is 0 Å². The molecule has 7 rings (SSSR count). The average molecular weight is 582 g/mol. The van der Waals surface area contributed by atoms with Crippen LogP contribution in [0.1, 0.15) is 74.6 Å². The Hall–Kier alpha value is -3.72. The maximum absolute atomic E-state index is 13.3. The van der Waals surface area contributed by atoms with E-state index in [0.717, 1.165) is 68.8 Å². The number of aryl methyl sites for hydroxylation is 1. The Morgan fingerprint density at radius 1 is 1.00 bits per heavy atom. The minimum atomic E-state index is -0.130. The predicted octanol–water partition coefficient (Wildman–Crippen LogP) is 5.57. The highest BCUT2D eigenvalue weighted by atomic mass is 16.2. The number of imidazole rings is 1. The lowest BCUT2D eigenvalue weighted by atomic mass is 9.84. The summed E-state index contributed by atoms with van der Waals surface area (Å²) in [6.45, 7) is 5.30. The Balaban J connectivity index is 0.983. The van der Waals surface area contributed by atoms with Gasteiger partial charge in [-0.2, -0.15) is 0 Å².